The molecule has 0 bridgehead atoms. The van der Waals surface area contributed by atoms with Gasteiger partial charge in [-0.3, -0.25) is 32.8 Å². The van der Waals surface area contributed by atoms with Crippen molar-refractivity contribution >= 4 is 71.1 Å². The van der Waals surface area contributed by atoms with E-state index in [1.165, 1.54) is 24.3 Å². The van der Waals surface area contributed by atoms with Gasteiger partial charge >= 0.3 is 5.97 Å². The zero-order valence-corrected chi connectivity index (χ0v) is 44.4. The molecule has 3 aliphatic heterocycles. The molecule has 5 rings (SSSR count). The van der Waals surface area contributed by atoms with E-state index in [4.69, 9.17) is 5.11 Å². The standard InChI is InChI=1S/C51H71N5O14S3/c1-50(2)39-35-37(72(65,66)67)25-27-42(39)55-32-17-7-11-23-47(58)54-41(49(61)53-31-15-6-12-24-48(59)60)19-13-16-30-52-46(57)22-10-5-14-29-51(3)40-36-38(73(68,69)70)26-28-43(40)56(33-18-34-71(62,63)64)45(51)21-9-4-8-20-44(50)55/h4,8-9,20-21,25-28,35-36,41H,5-7,10-19,22-24,29-34H2,1-3H3,(H6-,52,53,54,57,58,59,60,61,62,63,64,65,66,67,68,69,70)/p+1. The van der Waals surface area contributed by atoms with Crippen LogP contribution in [0.1, 0.15) is 141 Å². The molecular formula is C51H72N5O14S3+. The number of amides is 3. The van der Waals surface area contributed by atoms with E-state index >= 15 is 0 Å². The second-order valence-electron chi connectivity index (χ2n) is 19.7. The van der Waals surface area contributed by atoms with E-state index in [2.05, 4.69) is 20.5 Å². The summed E-state index contributed by atoms with van der Waals surface area (Å²) >= 11 is 0. The van der Waals surface area contributed by atoms with Crippen LogP contribution in [0.2, 0.25) is 0 Å². The third-order valence-corrected chi connectivity index (χ3v) is 16.3. The molecule has 0 spiro atoms. The topological polar surface area (TPSA) is 294 Å². The molecule has 2 atom stereocenters. The van der Waals surface area contributed by atoms with E-state index in [9.17, 15) is 58.1 Å². The molecule has 0 aliphatic carbocycles. The second kappa shape index (κ2) is 25.8. The molecule has 3 amide bonds. The minimum Gasteiger partial charge on any atom is -0.481 e. The number of carbonyl (C=O) groups is 4. The summed E-state index contributed by atoms with van der Waals surface area (Å²) in [5.41, 5.74) is 2.55. The number of anilines is 1. The van der Waals surface area contributed by atoms with Crippen molar-refractivity contribution in [3.8, 4) is 0 Å². The van der Waals surface area contributed by atoms with Crippen LogP contribution in [0, 0.1) is 0 Å². The maximum absolute atomic E-state index is 13.3. The van der Waals surface area contributed by atoms with Crippen molar-refractivity contribution in [3.63, 3.8) is 0 Å². The lowest BCUT2D eigenvalue weighted by Crippen LogP contribution is -2.47. The van der Waals surface area contributed by atoms with Crippen LogP contribution in [0.25, 0.3) is 0 Å². The Hall–Kier alpha value is -5.26. The fraction of sp³-hybridized carbons (Fsp3) is 0.549. The number of nitrogens with one attached hydrogen (secondary N) is 3. The summed E-state index contributed by atoms with van der Waals surface area (Å²) in [4.78, 5) is 51.8. The zero-order chi connectivity index (χ0) is 53.6. The molecule has 0 radical (unpaired) electrons. The number of fused-ring (bicyclic) bond motifs is 5. The fourth-order valence-corrected chi connectivity index (χ4v) is 11.4. The van der Waals surface area contributed by atoms with Gasteiger partial charge < -0.3 is 26.0 Å². The molecule has 22 heteroatoms. The van der Waals surface area contributed by atoms with Crippen LogP contribution in [0.4, 0.5) is 11.4 Å². The summed E-state index contributed by atoms with van der Waals surface area (Å²) in [7, 11) is -13.4. The van der Waals surface area contributed by atoms with Gasteiger partial charge in [-0.05, 0) is 127 Å². The van der Waals surface area contributed by atoms with E-state index < -0.39 is 58.9 Å². The quantitative estimate of drug-likeness (QED) is 0.0627. The minimum absolute atomic E-state index is 0.0372. The highest BCUT2D eigenvalue weighted by molar-refractivity contribution is 7.86. The molecule has 2 unspecified atom stereocenters. The Labute approximate surface area is 429 Å². The Morgan fingerprint density at radius 2 is 1.44 bits per heavy atom. The van der Waals surface area contributed by atoms with Crippen molar-refractivity contribution in [2.75, 3.05) is 36.8 Å². The highest BCUT2D eigenvalue weighted by atomic mass is 32.2. The minimum atomic E-state index is -4.61. The van der Waals surface area contributed by atoms with Crippen LogP contribution >= 0.6 is 0 Å². The van der Waals surface area contributed by atoms with E-state index in [1.807, 2.05) is 43.9 Å². The molecule has 402 valence electrons. The van der Waals surface area contributed by atoms with Gasteiger partial charge in [0.25, 0.3) is 30.4 Å². The lowest BCUT2D eigenvalue weighted by molar-refractivity contribution is -0.438. The van der Waals surface area contributed by atoms with Gasteiger partial charge in [0.2, 0.25) is 23.4 Å². The number of unbranched alkanes of at least 4 members (excludes halogenated alkanes) is 2. The van der Waals surface area contributed by atoms with Crippen LogP contribution < -0.4 is 20.9 Å². The van der Waals surface area contributed by atoms with E-state index in [1.54, 1.807) is 24.3 Å². The van der Waals surface area contributed by atoms with Gasteiger partial charge in [0, 0.05) is 79.8 Å². The molecule has 19 nitrogen and oxygen atoms in total. The Balaban J connectivity index is 1.46. The maximum Gasteiger partial charge on any atom is 0.303 e. The molecule has 2 aromatic rings. The number of aliphatic carboxylic acids is 1. The van der Waals surface area contributed by atoms with Crippen LogP contribution in [0.3, 0.4) is 0 Å². The maximum atomic E-state index is 13.3. The second-order valence-corrected chi connectivity index (χ2v) is 24.1. The van der Waals surface area contributed by atoms with Crippen molar-refractivity contribution < 1.29 is 67.8 Å². The smallest absolute Gasteiger partial charge is 0.303 e. The molecule has 3 aliphatic rings. The first kappa shape index (κ1) is 58.6. The largest absolute Gasteiger partial charge is 0.481 e. The predicted molar refractivity (Wildman–Crippen MR) is 277 cm³/mol. The summed E-state index contributed by atoms with van der Waals surface area (Å²) < 4.78 is 105. The van der Waals surface area contributed by atoms with E-state index in [0.29, 0.717) is 126 Å². The van der Waals surface area contributed by atoms with Crippen LogP contribution in [0.5, 0.6) is 0 Å². The number of nitrogens with zero attached hydrogens (tertiary/aromatic N) is 2. The first-order valence-electron chi connectivity index (χ1n) is 25.1. The van der Waals surface area contributed by atoms with Gasteiger partial charge in [0.15, 0.2) is 5.71 Å². The van der Waals surface area contributed by atoms with E-state index in [0.717, 1.165) is 11.4 Å². The van der Waals surface area contributed by atoms with Gasteiger partial charge in [0.05, 0.1) is 21.0 Å². The molecule has 0 saturated carbocycles. The Morgan fingerprint density at radius 1 is 0.767 bits per heavy atom. The molecule has 73 heavy (non-hydrogen) atoms. The average Bonchev–Trinajstić information content (AvgIpc) is 3.66. The number of allylic oxidation sites excluding steroid dienone is 6. The van der Waals surface area contributed by atoms with Crippen LogP contribution in [0.15, 0.2) is 82.3 Å². The summed E-state index contributed by atoms with van der Waals surface area (Å²) in [6.07, 6.45) is 16.8. The summed E-state index contributed by atoms with van der Waals surface area (Å²) in [6.45, 7) is 7.17. The lowest BCUT2D eigenvalue weighted by Gasteiger charge is -2.30. The first-order chi connectivity index (χ1) is 34.3. The fourth-order valence-electron chi connectivity index (χ4n) is 9.93. The number of benzene rings is 2. The summed E-state index contributed by atoms with van der Waals surface area (Å²) in [5.74, 6) is -2.16. The van der Waals surface area contributed by atoms with Gasteiger partial charge in [-0.2, -0.15) is 29.8 Å². The third kappa shape index (κ3) is 16.6. The number of hydrogen-bond acceptors (Lipinski definition) is 11. The Morgan fingerprint density at radius 3 is 2.12 bits per heavy atom. The van der Waals surface area contributed by atoms with Gasteiger partial charge in [-0.1, -0.05) is 37.5 Å². The highest BCUT2D eigenvalue weighted by Gasteiger charge is 2.46. The molecular weight excluding hydrogens is 1000 g/mol. The summed E-state index contributed by atoms with van der Waals surface area (Å²) in [5, 5.41) is 17.6. The monoisotopic (exact) mass is 1070 g/mol. The SMILES string of the molecule is CC1(C)C2=[N+](CCCCCC(=O)NC(C(=O)NCCCCCC(=O)O)CCCCNC(=O)CCCCCC3(C)/C(=C/C=C/C=C2)N(CCCS(=O)(=O)O)c2ccc(S(=O)(=O)O)cc23)c2ccc(S(=O)(=O)O)cc21. The Bertz CT molecular complexity index is 2820. The van der Waals surface area contributed by atoms with Crippen molar-refractivity contribution in [3.05, 3.63) is 83.6 Å². The van der Waals surface area contributed by atoms with Gasteiger partial charge in [-0.15, -0.1) is 0 Å². The predicted octanol–water partition coefficient (Wildman–Crippen LogP) is 6.67. The zero-order valence-electron chi connectivity index (χ0n) is 42.0. The average molecular weight is 1080 g/mol. The van der Waals surface area contributed by atoms with Crippen LogP contribution in [-0.2, 0) is 60.4 Å². The molecule has 3 heterocycles. The number of hydrogen-bond donors (Lipinski definition) is 7. The summed E-state index contributed by atoms with van der Waals surface area (Å²) in [6, 6.07) is 7.95. The van der Waals surface area contributed by atoms with Crippen molar-refractivity contribution in [1.82, 2.24) is 16.0 Å². The molecule has 0 saturated heterocycles. The number of carboxylic acid groups (broad SMARTS) is 1. The molecule has 7 N–H and O–H groups in total. The van der Waals surface area contributed by atoms with Crippen molar-refractivity contribution in [2.45, 2.75) is 157 Å². The first-order valence-corrected chi connectivity index (χ1v) is 29.5. The molecule has 0 aromatic heterocycles. The normalized spacial score (nSPS) is 22.2. The van der Waals surface area contributed by atoms with E-state index in [-0.39, 0.29) is 59.7 Å². The van der Waals surface area contributed by atoms with Gasteiger partial charge in [0.1, 0.15) is 12.6 Å². The third-order valence-electron chi connectivity index (χ3n) is 13.8. The number of carboxylic acids is 1. The van der Waals surface area contributed by atoms with Crippen LogP contribution in [-0.4, -0.2) is 116 Å². The number of rotatable bonds is 13. The molecule has 2 aromatic carbocycles. The highest BCUT2D eigenvalue weighted by Crippen LogP contribution is 2.51. The van der Waals surface area contributed by atoms with Crippen molar-refractivity contribution in [2.24, 2.45) is 0 Å². The van der Waals surface area contributed by atoms with Crippen molar-refractivity contribution in [1.29, 1.82) is 0 Å². The molecule has 0 fully saturated rings. The Kier molecular flexibility index (Phi) is 20.7. The lowest BCUT2D eigenvalue weighted by atomic mass is 9.77. The van der Waals surface area contributed by atoms with Gasteiger partial charge in [-0.25, -0.2) is 0 Å². The number of carbonyl (C=O) groups excluding carboxylic acids is 3.